The van der Waals surface area contributed by atoms with E-state index >= 15 is 0 Å². The van der Waals surface area contributed by atoms with Gasteiger partial charge in [0.15, 0.2) is 0 Å². The lowest BCUT2D eigenvalue weighted by atomic mass is 9.56. The lowest BCUT2D eigenvalue weighted by Gasteiger charge is -2.56. The summed E-state index contributed by atoms with van der Waals surface area (Å²) in [5.74, 6) is 0.826. The zero-order valence-electron chi connectivity index (χ0n) is 17.2. The van der Waals surface area contributed by atoms with Crippen LogP contribution in [0.5, 0.6) is 5.75 Å². The van der Waals surface area contributed by atoms with E-state index in [9.17, 15) is 5.11 Å². The predicted octanol–water partition coefficient (Wildman–Crippen LogP) is 4.49. The van der Waals surface area contributed by atoms with Crippen molar-refractivity contribution in [2.45, 2.75) is 30.3 Å². The number of aliphatic hydroxyl groups is 1. The largest absolute Gasteiger partial charge is 0.497 e. The van der Waals surface area contributed by atoms with Crippen molar-refractivity contribution in [1.82, 2.24) is 9.88 Å². The lowest BCUT2D eigenvalue weighted by molar-refractivity contribution is -0.100. The predicted molar refractivity (Wildman–Crippen MR) is 122 cm³/mol. The molecule has 1 saturated heterocycles. The van der Waals surface area contributed by atoms with Crippen molar-refractivity contribution in [3.8, 4) is 5.75 Å². The minimum atomic E-state index is -0.898. The van der Waals surface area contributed by atoms with Gasteiger partial charge in [0.2, 0.25) is 0 Å². The van der Waals surface area contributed by atoms with Gasteiger partial charge in [0.25, 0.3) is 0 Å². The molecule has 0 unspecified atom stereocenters. The Morgan fingerprint density at radius 3 is 2.93 bits per heavy atom. The van der Waals surface area contributed by atoms with E-state index in [1.807, 2.05) is 36.4 Å². The van der Waals surface area contributed by atoms with Crippen molar-refractivity contribution in [2.75, 3.05) is 26.7 Å². The molecule has 2 N–H and O–H groups in total. The fraction of sp³-hybridized carbons (Fsp3) is 0.360. The molecule has 0 radical (unpaired) electrons. The van der Waals surface area contributed by atoms with Crippen molar-refractivity contribution < 1.29 is 9.84 Å². The number of nitrogens with one attached hydrogen (secondary N) is 1. The molecule has 0 saturated carbocycles. The number of benzene rings is 2. The second-order valence-electron chi connectivity index (χ2n) is 8.75. The van der Waals surface area contributed by atoms with E-state index in [-0.39, 0.29) is 5.41 Å². The Kier molecular flexibility index (Phi) is 4.69. The monoisotopic (exact) mass is 422 g/mol. The number of rotatable bonds is 4. The summed E-state index contributed by atoms with van der Waals surface area (Å²) in [6.07, 6.45) is 4.15. The molecule has 2 aliphatic rings. The van der Waals surface area contributed by atoms with Gasteiger partial charge in [0.1, 0.15) is 5.75 Å². The maximum atomic E-state index is 12.3. The van der Waals surface area contributed by atoms with Gasteiger partial charge in [-0.1, -0.05) is 29.8 Å². The summed E-state index contributed by atoms with van der Waals surface area (Å²) in [5.41, 5.74) is 3.34. The van der Waals surface area contributed by atoms with Crippen LogP contribution in [0.25, 0.3) is 10.9 Å². The quantitative estimate of drug-likeness (QED) is 0.609. The molecular weight excluding hydrogens is 396 g/mol. The third-order valence-corrected chi connectivity index (χ3v) is 7.38. The van der Waals surface area contributed by atoms with Crippen molar-refractivity contribution in [1.29, 1.82) is 0 Å². The number of hydrogen-bond acceptors (Lipinski definition) is 3. The van der Waals surface area contributed by atoms with E-state index in [0.29, 0.717) is 13.0 Å². The maximum Gasteiger partial charge on any atom is 0.119 e. The summed E-state index contributed by atoms with van der Waals surface area (Å²) in [7, 11) is 1.69. The fourth-order valence-corrected chi connectivity index (χ4v) is 5.83. The number of aromatic nitrogens is 1. The Morgan fingerprint density at radius 1 is 1.27 bits per heavy atom. The summed E-state index contributed by atoms with van der Waals surface area (Å²) in [4.78, 5) is 5.93. The lowest BCUT2D eigenvalue weighted by Crippen LogP contribution is -2.66. The van der Waals surface area contributed by atoms with Crippen LogP contribution in [0.15, 0.2) is 55.1 Å². The van der Waals surface area contributed by atoms with Crippen LogP contribution in [0.3, 0.4) is 0 Å². The van der Waals surface area contributed by atoms with Crippen LogP contribution in [-0.2, 0) is 18.3 Å². The molecule has 4 nitrogen and oxygen atoms in total. The topological polar surface area (TPSA) is 48.5 Å². The maximum absolute atomic E-state index is 12.3. The number of methoxy groups -OCH3 is 1. The van der Waals surface area contributed by atoms with Gasteiger partial charge in [-0.25, -0.2) is 0 Å². The smallest absolute Gasteiger partial charge is 0.119 e. The van der Waals surface area contributed by atoms with Crippen molar-refractivity contribution >= 4 is 22.5 Å². The number of halogens is 1. The van der Waals surface area contributed by atoms with Crippen LogP contribution in [-0.4, -0.2) is 47.3 Å². The van der Waals surface area contributed by atoms with E-state index in [4.69, 9.17) is 16.3 Å². The van der Waals surface area contributed by atoms with Crippen LogP contribution < -0.4 is 4.74 Å². The Morgan fingerprint density at radius 2 is 2.13 bits per heavy atom. The zero-order valence-corrected chi connectivity index (χ0v) is 18.0. The summed E-state index contributed by atoms with van der Waals surface area (Å²) < 4.78 is 5.52. The van der Waals surface area contributed by atoms with E-state index in [2.05, 4.69) is 28.6 Å². The molecule has 2 aromatic carbocycles. The average Bonchev–Trinajstić information content (AvgIpc) is 3.07. The highest BCUT2D eigenvalue weighted by Crippen LogP contribution is 2.51. The molecule has 2 heterocycles. The molecule has 30 heavy (non-hydrogen) atoms. The van der Waals surface area contributed by atoms with Gasteiger partial charge in [0, 0.05) is 53.0 Å². The number of nitrogens with zero attached hydrogens (tertiary/aromatic N) is 1. The Labute approximate surface area is 182 Å². The van der Waals surface area contributed by atoms with Crippen LogP contribution in [0.2, 0.25) is 5.02 Å². The van der Waals surface area contributed by atoms with Crippen LogP contribution >= 0.6 is 11.6 Å². The Hall–Kier alpha value is -2.27. The van der Waals surface area contributed by atoms with Gasteiger partial charge in [-0.3, -0.25) is 4.90 Å². The molecule has 3 aromatic rings. The normalized spacial score (nSPS) is 26.2. The standard InChI is InChI=1S/C25H27ClN2O2/c1-3-10-28-11-9-24(17-5-4-6-19(12-17)30-2)15-23-21(14-25(24,29)16-28)20-13-18(26)7-8-22(20)27-23/h3-8,12-13,27,29H,1,9-11,14-16H2,2H3/t24-,25-/m0/s1. The van der Waals surface area contributed by atoms with Gasteiger partial charge in [-0.05, 0) is 54.4 Å². The fourth-order valence-electron chi connectivity index (χ4n) is 5.66. The summed E-state index contributed by atoms with van der Waals surface area (Å²) in [6, 6.07) is 14.2. The van der Waals surface area contributed by atoms with E-state index in [1.54, 1.807) is 7.11 Å². The number of H-pyrrole nitrogens is 1. The molecule has 0 spiro atoms. The molecule has 1 aliphatic heterocycles. The summed E-state index contributed by atoms with van der Waals surface area (Å²) in [6.45, 7) is 6.22. The van der Waals surface area contributed by atoms with Crippen molar-refractivity contribution in [2.24, 2.45) is 0 Å². The minimum Gasteiger partial charge on any atom is -0.497 e. The number of aromatic amines is 1. The number of piperidine rings is 1. The highest BCUT2D eigenvalue weighted by molar-refractivity contribution is 6.31. The molecule has 5 heteroatoms. The Bertz CT molecular complexity index is 1120. The summed E-state index contributed by atoms with van der Waals surface area (Å²) in [5, 5.41) is 14.1. The van der Waals surface area contributed by atoms with Gasteiger partial charge >= 0.3 is 0 Å². The van der Waals surface area contributed by atoms with Crippen LogP contribution in [0.1, 0.15) is 23.2 Å². The zero-order chi connectivity index (χ0) is 20.9. The molecular formula is C25H27ClN2O2. The third kappa shape index (κ3) is 2.89. The van der Waals surface area contributed by atoms with Gasteiger partial charge < -0.3 is 14.8 Å². The van der Waals surface area contributed by atoms with E-state index in [1.165, 1.54) is 11.3 Å². The van der Waals surface area contributed by atoms with E-state index in [0.717, 1.165) is 53.2 Å². The van der Waals surface area contributed by atoms with Crippen LogP contribution in [0.4, 0.5) is 0 Å². The minimum absolute atomic E-state index is 0.378. The molecule has 0 bridgehead atoms. The molecule has 1 fully saturated rings. The molecule has 1 aliphatic carbocycles. The third-order valence-electron chi connectivity index (χ3n) is 7.14. The molecule has 0 amide bonds. The molecule has 5 rings (SSSR count). The number of likely N-dealkylation sites (tertiary alicyclic amines) is 1. The van der Waals surface area contributed by atoms with Crippen molar-refractivity contribution in [3.05, 3.63) is 77.0 Å². The Balaban J connectivity index is 1.69. The van der Waals surface area contributed by atoms with Gasteiger partial charge in [-0.15, -0.1) is 6.58 Å². The second-order valence-corrected chi connectivity index (χ2v) is 9.18. The van der Waals surface area contributed by atoms with Gasteiger partial charge in [-0.2, -0.15) is 0 Å². The van der Waals surface area contributed by atoms with E-state index < -0.39 is 5.60 Å². The second kappa shape index (κ2) is 7.16. The first-order valence-electron chi connectivity index (χ1n) is 10.5. The van der Waals surface area contributed by atoms with Crippen molar-refractivity contribution in [3.63, 3.8) is 0 Å². The number of β-amino-alcohol motifs (C(OH)–C–C–N with tert-alkyl or cyclic N) is 1. The molecule has 2 atom stereocenters. The first kappa shape index (κ1) is 19.7. The molecule has 1 aromatic heterocycles. The first-order valence-corrected chi connectivity index (χ1v) is 10.8. The van der Waals surface area contributed by atoms with Crippen LogP contribution in [0, 0.1) is 0 Å². The molecule has 156 valence electrons. The first-order chi connectivity index (χ1) is 14.5. The SMILES string of the molecule is C=CCN1CC[C@@]2(c3cccc(OC)c3)Cc3[nH]c4ccc(Cl)cc4c3C[C@]2(O)C1. The van der Waals surface area contributed by atoms with Gasteiger partial charge in [0.05, 0.1) is 12.7 Å². The number of ether oxygens (including phenoxy) is 1. The highest BCUT2D eigenvalue weighted by atomic mass is 35.5. The average molecular weight is 423 g/mol. The highest BCUT2D eigenvalue weighted by Gasteiger charge is 2.57. The number of fused-ring (bicyclic) bond motifs is 4. The number of hydrogen-bond donors (Lipinski definition) is 2. The summed E-state index contributed by atoms with van der Waals surface area (Å²) >= 11 is 6.30.